The summed E-state index contributed by atoms with van der Waals surface area (Å²) in [6.45, 7) is 0. The third-order valence-corrected chi connectivity index (χ3v) is 3.72. The van der Waals surface area contributed by atoms with E-state index >= 15 is 0 Å². The molecule has 0 bridgehead atoms. The topological polar surface area (TPSA) is 67.2 Å². The molecular weight excluding hydrogens is 288 g/mol. The average Bonchev–Trinajstić information content (AvgIpc) is 2.94. The molecular formula is C18H12N4O. The fraction of sp³-hybridized carbons (Fsp3) is 0. The highest BCUT2D eigenvalue weighted by Crippen LogP contribution is 2.36. The maximum atomic E-state index is 12.1. The van der Waals surface area contributed by atoms with Crippen LogP contribution in [0.2, 0.25) is 0 Å². The molecule has 2 aromatic carbocycles. The van der Waals surface area contributed by atoms with Gasteiger partial charge in [-0.3, -0.25) is 9.78 Å². The number of aromatic nitrogens is 2. The van der Waals surface area contributed by atoms with E-state index in [1.54, 1.807) is 0 Å². The fourth-order valence-electron chi connectivity index (χ4n) is 2.69. The maximum absolute atomic E-state index is 12.1. The quantitative estimate of drug-likeness (QED) is 0.579. The molecule has 5 nitrogen and oxygen atoms in total. The van der Waals surface area contributed by atoms with E-state index in [4.69, 9.17) is 0 Å². The zero-order valence-electron chi connectivity index (χ0n) is 12.1. The summed E-state index contributed by atoms with van der Waals surface area (Å²) in [7, 11) is 0. The molecule has 23 heavy (non-hydrogen) atoms. The number of nitrogens with one attached hydrogen (secondary N) is 1. The van der Waals surface area contributed by atoms with Crippen molar-refractivity contribution in [3.05, 3.63) is 83.9 Å². The molecule has 1 heterocycles. The van der Waals surface area contributed by atoms with Gasteiger partial charge in [-0.25, -0.2) is 10.4 Å². The van der Waals surface area contributed by atoms with Gasteiger partial charge >= 0.3 is 0 Å². The number of hydrogen-bond acceptors (Lipinski definition) is 4. The molecule has 0 saturated heterocycles. The normalized spacial score (nSPS) is 11.6. The lowest BCUT2D eigenvalue weighted by atomic mass is 10.1. The van der Waals surface area contributed by atoms with Gasteiger partial charge < -0.3 is 0 Å². The minimum atomic E-state index is -0.382. The first-order valence-electron chi connectivity index (χ1n) is 7.18. The van der Waals surface area contributed by atoms with Gasteiger partial charge in [-0.1, -0.05) is 48.5 Å². The second-order valence-corrected chi connectivity index (χ2v) is 5.08. The standard InChI is InChI=1S/C18H12N4O/c23-18(16-11-19-9-10-20-16)22-21-17-14-7-3-1-5-12(14)13-6-2-4-8-15(13)17/h1-11H,(H,22,23). The van der Waals surface area contributed by atoms with Crippen LogP contribution in [0, 0.1) is 0 Å². The van der Waals surface area contributed by atoms with Crippen LogP contribution in [-0.4, -0.2) is 21.6 Å². The van der Waals surface area contributed by atoms with E-state index in [1.807, 2.05) is 36.4 Å². The molecule has 0 radical (unpaired) electrons. The predicted molar refractivity (Wildman–Crippen MR) is 87.0 cm³/mol. The monoisotopic (exact) mass is 300 g/mol. The summed E-state index contributed by atoms with van der Waals surface area (Å²) in [5.41, 5.74) is 7.82. The highest BCUT2D eigenvalue weighted by molar-refractivity contribution is 6.24. The highest BCUT2D eigenvalue weighted by Gasteiger charge is 2.24. The van der Waals surface area contributed by atoms with Crippen LogP contribution in [0.1, 0.15) is 21.6 Å². The summed E-state index contributed by atoms with van der Waals surface area (Å²) in [5, 5.41) is 4.33. The number of hydrogen-bond donors (Lipinski definition) is 1. The number of benzene rings is 2. The van der Waals surface area contributed by atoms with E-state index in [0.29, 0.717) is 0 Å². The molecule has 0 fully saturated rings. The van der Waals surface area contributed by atoms with Crippen molar-refractivity contribution < 1.29 is 4.79 Å². The summed E-state index contributed by atoms with van der Waals surface area (Å²) in [4.78, 5) is 20.0. The second kappa shape index (κ2) is 5.46. The molecule has 0 unspecified atom stereocenters. The van der Waals surface area contributed by atoms with Gasteiger partial charge in [0.25, 0.3) is 5.91 Å². The first-order chi connectivity index (χ1) is 11.3. The Morgan fingerprint density at radius 3 is 2.04 bits per heavy atom. The first kappa shape index (κ1) is 13.3. The van der Waals surface area contributed by atoms with Crippen LogP contribution in [-0.2, 0) is 0 Å². The summed E-state index contributed by atoms with van der Waals surface area (Å²) < 4.78 is 0. The largest absolute Gasteiger partial charge is 0.291 e. The fourth-order valence-corrected chi connectivity index (χ4v) is 2.69. The average molecular weight is 300 g/mol. The van der Waals surface area contributed by atoms with E-state index in [1.165, 1.54) is 18.6 Å². The van der Waals surface area contributed by atoms with E-state index in [0.717, 1.165) is 28.0 Å². The Morgan fingerprint density at radius 1 is 0.870 bits per heavy atom. The van der Waals surface area contributed by atoms with E-state index in [2.05, 4.69) is 32.6 Å². The number of nitrogens with zero attached hydrogens (tertiary/aromatic N) is 3. The number of fused-ring (bicyclic) bond motifs is 3. The van der Waals surface area contributed by atoms with E-state index < -0.39 is 0 Å². The SMILES string of the molecule is O=C(NN=C1c2ccccc2-c2ccccc21)c1cnccn1. The van der Waals surface area contributed by atoms with Crippen molar-refractivity contribution in [1.29, 1.82) is 0 Å². The minimum Gasteiger partial charge on any atom is -0.265 e. The van der Waals surface area contributed by atoms with Crippen molar-refractivity contribution in [1.82, 2.24) is 15.4 Å². The Balaban J connectivity index is 1.73. The Hall–Kier alpha value is -3.34. The summed E-state index contributed by atoms with van der Waals surface area (Å²) in [6, 6.07) is 16.0. The molecule has 1 aliphatic carbocycles. The highest BCUT2D eigenvalue weighted by atomic mass is 16.2. The van der Waals surface area contributed by atoms with Crippen LogP contribution in [0.5, 0.6) is 0 Å². The van der Waals surface area contributed by atoms with Gasteiger partial charge in [-0.05, 0) is 11.1 Å². The Labute approximate surface area is 132 Å². The number of carbonyl (C=O) groups is 1. The second-order valence-electron chi connectivity index (χ2n) is 5.08. The Bertz CT molecular complexity index is 872. The molecule has 110 valence electrons. The van der Waals surface area contributed by atoms with Gasteiger partial charge in [0.1, 0.15) is 5.69 Å². The van der Waals surface area contributed by atoms with Gasteiger partial charge in [-0.15, -0.1) is 0 Å². The number of amides is 1. The van der Waals surface area contributed by atoms with Gasteiger partial charge in [0.2, 0.25) is 0 Å². The maximum Gasteiger partial charge on any atom is 0.291 e. The van der Waals surface area contributed by atoms with E-state index in [-0.39, 0.29) is 11.6 Å². The van der Waals surface area contributed by atoms with Crippen LogP contribution in [0.15, 0.2) is 72.2 Å². The van der Waals surface area contributed by atoms with Crippen molar-refractivity contribution in [2.75, 3.05) is 0 Å². The summed E-state index contributed by atoms with van der Waals surface area (Å²) >= 11 is 0. The number of carbonyl (C=O) groups excluding carboxylic acids is 1. The molecule has 0 spiro atoms. The van der Waals surface area contributed by atoms with Gasteiger partial charge in [0, 0.05) is 23.5 Å². The van der Waals surface area contributed by atoms with Crippen LogP contribution in [0.4, 0.5) is 0 Å². The third-order valence-electron chi connectivity index (χ3n) is 3.72. The van der Waals surface area contributed by atoms with Crippen LogP contribution in [0.25, 0.3) is 11.1 Å². The van der Waals surface area contributed by atoms with Gasteiger partial charge in [0.15, 0.2) is 0 Å². The lowest BCUT2D eigenvalue weighted by Crippen LogP contribution is -2.21. The zero-order valence-corrected chi connectivity index (χ0v) is 12.1. The smallest absolute Gasteiger partial charge is 0.265 e. The predicted octanol–water partition coefficient (Wildman–Crippen LogP) is 2.64. The van der Waals surface area contributed by atoms with Crippen LogP contribution < -0.4 is 5.43 Å². The van der Waals surface area contributed by atoms with Gasteiger partial charge in [-0.2, -0.15) is 5.10 Å². The molecule has 0 atom stereocenters. The molecule has 4 rings (SSSR count). The zero-order chi connectivity index (χ0) is 15.6. The molecule has 1 aliphatic rings. The van der Waals surface area contributed by atoms with E-state index in [9.17, 15) is 4.79 Å². The molecule has 3 aromatic rings. The minimum absolute atomic E-state index is 0.233. The van der Waals surface area contributed by atoms with Crippen molar-refractivity contribution in [3.8, 4) is 11.1 Å². The van der Waals surface area contributed by atoms with Gasteiger partial charge in [0.05, 0.1) is 11.9 Å². The Kier molecular flexibility index (Phi) is 3.16. The molecule has 1 aromatic heterocycles. The molecule has 1 N–H and O–H groups in total. The molecule has 5 heteroatoms. The molecule has 0 aliphatic heterocycles. The van der Waals surface area contributed by atoms with Crippen molar-refractivity contribution in [2.45, 2.75) is 0 Å². The summed E-state index contributed by atoms with van der Waals surface area (Å²) in [6.07, 6.45) is 4.40. The molecule has 1 amide bonds. The third kappa shape index (κ3) is 2.28. The summed E-state index contributed by atoms with van der Waals surface area (Å²) in [5.74, 6) is -0.382. The number of hydrazone groups is 1. The number of rotatable bonds is 2. The van der Waals surface area contributed by atoms with Crippen molar-refractivity contribution in [2.24, 2.45) is 5.10 Å². The Morgan fingerprint density at radius 2 is 1.48 bits per heavy atom. The van der Waals surface area contributed by atoms with Crippen molar-refractivity contribution >= 4 is 11.6 Å². The van der Waals surface area contributed by atoms with Crippen LogP contribution >= 0.6 is 0 Å². The van der Waals surface area contributed by atoms with Crippen LogP contribution in [0.3, 0.4) is 0 Å². The first-order valence-corrected chi connectivity index (χ1v) is 7.18. The lowest BCUT2D eigenvalue weighted by molar-refractivity contribution is 0.0949. The molecule has 0 saturated carbocycles. The van der Waals surface area contributed by atoms with Crippen molar-refractivity contribution in [3.63, 3.8) is 0 Å². The lowest BCUT2D eigenvalue weighted by Gasteiger charge is -2.03.